The average Bonchev–Trinajstić information content (AvgIpc) is 2.45. The Kier molecular flexibility index (Phi) is 4.88. The van der Waals surface area contributed by atoms with Crippen LogP contribution in [0.4, 0.5) is 0 Å². The molecule has 19 heavy (non-hydrogen) atoms. The highest BCUT2D eigenvalue weighted by Gasteiger charge is 2.13. The molecule has 2 aromatic carbocycles. The van der Waals surface area contributed by atoms with Crippen LogP contribution in [0.25, 0.3) is 0 Å². The van der Waals surface area contributed by atoms with Crippen LogP contribution in [0.5, 0.6) is 5.75 Å². The fourth-order valence-electron chi connectivity index (χ4n) is 2.01. The van der Waals surface area contributed by atoms with Crippen LogP contribution >= 0.6 is 11.8 Å². The highest BCUT2D eigenvalue weighted by molar-refractivity contribution is 7.98. The molecule has 0 aromatic heterocycles. The summed E-state index contributed by atoms with van der Waals surface area (Å²) in [5.41, 5.74) is 8.47. The first kappa shape index (κ1) is 14.0. The van der Waals surface area contributed by atoms with Gasteiger partial charge >= 0.3 is 0 Å². The maximum atomic E-state index is 6.07. The van der Waals surface area contributed by atoms with Crippen LogP contribution in [0.3, 0.4) is 0 Å². The van der Waals surface area contributed by atoms with Gasteiger partial charge < -0.3 is 10.5 Å². The monoisotopic (exact) mass is 273 g/mol. The first-order chi connectivity index (χ1) is 9.22. The van der Waals surface area contributed by atoms with E-state index in [2.05, 4.69) is 30.3 Å². The van der Waals surface area contributed by atoms with Gasteiger partial charge in [0.05, 0.1) is 7.11 Å². The van der Waals surface area contributed by atoms with Gasteiger partial charge in [-0.3, -0.25) is 0 Å². The standard InChI is InChI=1S/C16H19NOS/c1-12(17)16-14(18-2)9-6-10-15(16)19-11-13-7-4-3-5-8-13/h3-10,12H,11,17H2,1-2H3. The zero-order valence-electron chi connectivity index (χ0n) is 11.3. The third-order valence-corrected chi connectivity index (χ3v) is 4.08. The lowest BCUT2D eigenvalue weighted by atomic mass is 10.1. The van der Waals surface area contributed by atoms with Gasteiger partial charge in [0.15, 0.2) is 0 Å². The van der Waals surface area contributed by atoms with Crippen molar-refractivity contribution >= 4 is 11.8 Å². The lowest BCUT2D eigenvalue weighted by Gasteiger charge is -2.16. The molecule has 2 N–H and O–H groups in total. The van der Waals surface area contributed by atoms with Crippen molar-refractivity contribution in [1.82, 2.24) is 0 Å². The summed E-state index contributed by atoms with van der Waals surface area (Å²) < 4.78 is 5.41. The molecule has 2 aromatic rings. The van der Waals surface area contributed by atoms with E-state index in [1.54, 1.807) is 18.9 Å². The molecule has 0 spiro atoms. The Morgan fingerprint density at radius 3 is 2.47 bits per heavy atom. The quantitative estimate of drug-likeness (QED) is 0.836. The Labute approximate surface area is 119 Å². The second kappa shape index (κ2) is 6.64. The number of methoxy groups -OCH3 is 1. The Balaban J connectivity index is 2.20. The predicted octanol–water partition coefficient (Wildman–Crippen LogP) is 4.01. The molecular weight excluding hydrogens is 254 g/mol. The van der Waals surface area contributed by atoms with Crippen LogP contribution in [-0.4, -0.2) is 7.11 Å². The molecule has 0 fully saturated rings. The number of rotatable bonds is 5. The lowest BCUT2D eigenvalue weighted by Crippen LogP contribution is -2.08. The second-order valence-electron chi connectivity index (χ2n) is 4.44. The molecule has 0 aliphatic carbocycles. The van der Waals surface area contributed by atoms with Crippen LogP contribution in [0.1, 0.15) is 24.1 Å². The first-order valence-electron chi connectivity index (χ1n) is 6.31. The number of nitrogens with two attached hydrogens (primary N) is 1. The van der Waals surface area contributed by atoms with Gasteiger partial charge in [0.25, 0.3) is 0 Å². The van der Waals surface area contributed by atoms with Crippen LogP contribution in [0, 0.1) is 0 Å². The molecule has 0 saturated carbocycles. The minimum absolute atomic E-state index is 0.0329. The van der Waals surface area contributed by atoms with Crippen LogP contribution in [0.2, 0.25) is 0 Å². The number of thioether (sulfide) groups is 1. The number of ether oxygens (including phenoxy) is 1. The molecule has 2 nitrogen and oxygen atoms in total. The molecule has 0 aliphatic rings. The minimum atomic E-state index is -0.0329. The lowest BCUT2D eigenvalue weighted by molar-refractivity contribution is 0.405. The van der Waals surface area contributed by atoms with Gasteiger partial charge in [-0.1, -0.05) is 36.4 Å². The van der Waals surface area contributed by atoms with Crippen molar-refractivity contribution in [2.75, 3.05) is 7.11 Å². The van der Waals surface area contributed by atoms with E-state index in [-0.39, 0.29) is 6.04 Å². The minimum Gasteiger partial charge on any atom is -0.496 e. The van der Waals surface area contributed by atoms with Crippen LogP contribution in [0.15, 0.2) is 53.4 Å². The Bertz CT molecular complexity index is 526. The third kappa shape index (κ3) is 3.52. The second-order valence-corrected chi connectivity index (χ2v) is 5.45. The Morgan fingerprint density at radius 1 is 1.11 bits per heavy atom. The molecule has 0 bridgehead atoms. The summed E-state index contributed by atoms with van der Waals surface area (Å²) in [6, 6.07) is 16.5. The first-order valence-corrected chi connectivity index (χ1v) is 7.30. The summed E-state index contributed by atoms with van der Waals surface area (Å²) >= 11 is 1.80. The molecule has 0 aliphatic heterocycles. The molecule has 1 atom stereocenters. The molecule has 0 amide bonds. The fraction of sp³-hybridized carbons (Fsp3) is 0.250. The van der Waals surface area contributed by atoms with Crippen molar-refractivity contribution in [3.05, 3.63) is 59.7 Å². The maximum Gasteiger partial charge on any atom is 0.124 e. The van der Waals surface area contributed by atoms with Crippen molar-refractivity contribution in [2.24, 2.45) is 5.73 Å². The zero-order valence-corrected chi connectivity index (χ0v) is 12.1. The van der Waals surface area contributed by atoms with Crippen LogP contribution in [-0.2, 0) is 5.75 Å². The maximum absolute atomic E-state index is 6.07. The largest absolute Gasteiger partial charge is 0.496 e. The van der Waals surface area contributed by atoms with Gasteiger partial charge in [-0.15, -0.1) is 11.8 Å². The van der Waals surface area contributed by atoms with Crippen LogP contribution < -0.4 is 10.5 Å². The van der Waals surface area contributed by atoms with E-state index in [1.807, 2.05) is 25.1 Å². The molecular formula is C16H19NOS. The SMILES string of the molecule is COc1cccc(SCc2ccccc2)c1C(C)N. The molecule has 2 rings (SSSR count). The summed E-state index contributed by atoms with van der Waals surface area (Å²) in [7, 11) is 1.69. The van der Waals surface area contributed by atoms with Crippen molar-refractivity contribution < 1.29 is 4.74 Å². The summed E-state index contributed by atoms with van der Waals surface area (Å²) in [6.07, 6.45) is 0. The normalized spacial score (nSPS) is 12.2. The van der Waals surface area contributed by atoms with E-state index in [9.17, 15) is 0 Å². The molecule has 3 heteroatoms. The van der Waals surface area contributed by atoms with E-state index in [4.69, 9.17) is 10.5 Å². The number of hydrogen-bond acceptors (Lipinski definition) is 3. The molecule has 1 unspecified atom stereocenters. The smallest absolute Gasteiger partial charge is 0.124 e. The van der Waals surface area contributed by atoms with E-state index in [1.165, 1.54) is 10.5 Å². The summed E-state index contributed by atoms with van der Waals surface area (Å²) in [5.74, 6) is 1.81. The van der Waals surface area contributed by atoms with Gasteiger partial charge in [0.1, 0.15) is 5.75 Å². The topological polar surface area (TPSA) is 35.2 Å². The van der Waals surface area contributed by atoms with E-state index in [0.29, 0.717) is 0 Å². The third-order valence-electron chi connectivity index (χ3n) is 2.94. The van der Waals surface area contributed by atoms with Gasteiger partial charge in [-0.2, -0.15) is 0 Å². The van der Waals surface area contributed by atoms with Gasteiger partial charge in [0, 0.05) is 22.3 Å². The molecule has 100 valence electrons. The van der Waals surface area contributed by atoms with Crippen molar-refractivity contribution in [2.45, 2.75) is 23.6 Å². The number of benzene rings is 2. The average molecular weight is 273 g/mol. The highest BCUT2D eigenvalue weighted by Crippen LogP contribution is 2.35. The van der Waals surface area contributed by atoms with Crippen molar-refractivity contribution in [3.63, 3.8) is 0 Å². The van der Waals surface area contributed by atoms with Gasteiger partial charge in [0.2, 0.25) is 0 Å². The summed E-state index contributed by atoms with van der Waals surface area (Å²) in [5, 5.41) is 0. The van der Waals surface area contributed by atoms with Gasteiger partial charge in [-0.05, 0) is 24.6 Å². The van der Waals surface area contributed by atoms with Crippen molar-refractivity contribution in [1.29, 1.82) is 0 Å². The van der Waals surface area contributed by atoms with Crippen molar-refractivity contribution in [3.8, 4) is 5.75 Å². The fourth-order valence-corrected chi connectivity index (χ4v) is 3.14. The Morgan fingerprint density at radius 2 is 1.84 bits per heavy atom. The van der Waals surface area contributed by atoms with E-state index >= 15 is 0 Å². The predicted molar refractivity (Wildman–Crippen MR) is 81.6 cm³/mol. The molecule has 0 radical (unpaired) electrons. The summed E-state index contributed by atoms with van der Waals surface area (Å²) in [6.45, 7) is 1.99. The Hall–Kier alpha value is -1.45. The summed E-state index contributed by atoms with van der Waals surface area (Å²) in [4.78, 5) is 1.19. The van der Waals surface area contributed by atoms with Gasteiger partial charge in [-0.25, -0.2) is 0 Å². The highest BCUT2D eigenvalue weighted by atomic mass is 32.2. The zero-order chi connectivity index (χ0) is 13.7. The molecule has 0 saturated heterocycles. The molecule has 0 heterocycles. The van der Waals surface area contributed by atoms with E-state index < -0.39 is 0 Å². The van der Waals surface area contributed by atoms with E-state index in [0.717, 1.165) is 17.1 Å². The number of hydrogen-bond donors (Lipinski definition) is 1.